The van der Waals surface area contributed by atoms with Crippen LogP contribution in [-0.4, -0.2) is 32.1 Å². The number of hydrogen-bond donors (Lipinski definition) is 0. The molecule has 1 atom stereocenters. The van der Waals surface area contributed by atoms with Gasteiger partial charge in [-0.25, -0.2) is 4.98 Å². The highest BCUT2D eigenvalue weighted by atomic mass is 35.5. The van der Waals surface area contributed by atoms with Gasteiger partial charge in [-0.3, -0.25) is 14.3 Å². The van der Waals surface area contributed by atoms with Gasteiger partial charge in [-0.2, -0.15) is 5.10 Å². The highest BCUT2D eigenvalue weighted by molar-refractivity contribution is 6.30. The standard InChI is InChI=1S/C17H16ClN3O3/c1-21-15(19-14(20-21)10-4-6-11(18)7-5-10)12-13(22)17(24-16(12)23)8-2-3-9-17/h4-7,12H,2-3,8-9H2,1H3. The monoisotopic (exact) mass is 345 g/mol. The van der Waals surface area contributed by atoms with Crippen LogP contribution in [0.5, 0.6) is 0 Å². The molecule has 0 N–H and O–H groups in total. The number of carbonyl (C=O) groups is 2. The van der Waals surface area contributed by atoms with E-state index in [0.29, 0.717) is 29.5 Å². The average Bonchev–Trinajstić information content (AvgIpc) is 3.22. The number of aryl methyl sites for hydroxylation is 1. The normalized spacial score (nSPS) is 22.3. The molecule has 6 nitrogen and oxygen atoms in total. The van der Waals surface area contributed by atoms with Crippen LogP contribution in [0, 0.1) is 0 Å². The molecule has 1 saturated heterocycles. The van der Waals surface area contributed by atoms with Crippen LogP contribution in [-0.2, 0) is 21.4 Å². The third-order valence-electron chi connectivity index (χ3n) is 4.81. The van der Waals surface area contributed by atoms with E-state index in [4.69, 9.17) is 16.3 Å². The molecule has 0 radical (unpaired) electrons. The molecular weight excluding hydrogens is 330 g/mol. The lowest BCUT2D eigenvalue weighted by molar-refractivity contribution is -0.151. The van der Waals surface area contributed by atoms with Gasteiger partial charge in [0.1, 0.15) is 5.82 Å². The summed E-state index contributed by atoms with van der Waals surface area (Å²) in [6.45, 7) is 0. The van der Waals surface area contributed by atoms with E-state index in [1.807, 2.05) is 0 Å². The summed E-state index contributed by atoms with van der Waals surface area (Å²) in [6.07, 6.45) is 3.02. The topological polar surface area (TPSA) is 74.1 Å². The molecule has 1 unspecified atom stereocenters. The molecule has 1 spiro atoms. The van der Waals surface area contributed by atoms with Crippen molar-refractivity contribution in [3.05, 3.63) is 35.1 Å². The van der Waals surface area contributed by atoms with E-state index in [2.05, 4.69) is 10.1 Å². The van der Waals surface area contributed by atoms with E-state index in [-0.39, 0.29) is 5.78 Å². The van der Waals surface area contributed by atoms with Crippen LogP contribution < -0.4 is 0 Å². The molecule has 2 heterocycles. The van der Waals surface area contributed by atoms with Crippen molar-refractivity contribution in [3.63, 3.8) is 0 Å². The second-order valence-electron chi connectivity index (χ2n) is 6.34. The van der Waals surface area contributed by atoms with Crippen molar-refractivity contribution >= 4 is 23.4 Å². The van der Waals surface area contributed by atoms with Gasteiger partial charge in [0.15, 0.2) is 23.1 Å². The van der Waals surface area contributed by atoms with Gasteiger partial charge in [-0.15, -0.1) is 0 Å². The predicted molar refractivity (Wildman–Crippen MR) is 86.5 cm³/mol. The van der Waals surface area contributed by atoms with E-state index in [1.54, 1.807) is 31.3 Å². The molecule has 0 amide bonds. The highest BCUT2D eigenvalue weighted by Gasteiger charge is 2.58. The number of benzene rings is 1. The van der Waals surface area contributed by atoms with Gasteiger partial charge in [0.25, 0.3) is 0 Å². The van der Waals surface area contributed by atoms with Crippen molar-refractivity contribution in [3.8, 4) is 11.4 Å². The Morgan fingerprint density at radius 1 is 1.21 bits per heavy atom. The Morgan fingerprint density at radius 3 is 2.54 bits per heavy atom. The van der Waals surface area contributed by atoms with Gasteiger partial charge in [-0.1, -0.05) is 11.6 Å². The molecule has 1 saturated carbocycles. The Labute approximate surface area is 143 Å². The van der Waals surface area contributed by atoms with E-state index in [0.717, 1.165) is 18.4 Å². The van der Waals surface area contributed by atoms with Crippen molar-refractivity contribution < 1.29 is 14.3 Å². The molecule has 2 fully saturated rings. The van der Waals surface area contributed by atoms with Crippen molar-refractivity contribution in [1.82, 2.24) is 14.8 Å². The Bertz CT molecular complexity index is 822. The minimum atomic E-state index is -0.985. The summed E-state index contributed by atoms with van der Waals surface area (Å²) in [6, 6.07) is 7.09. The first-order valence-corrected chi connectivity index (χ1v) is 8.32. The van der Waals surface area contributed by atoms with Crippen molar-refractivity contribution in [1.29, 1.82) is 0 Å². The van der Waals surface area contributed by atoms with Crippen LogP contribution in [0.2, 0.25) is 5.02 Å². The second kappa shape index (κ2) is 5.41. The summed E-state index contributed by atoms with van der Waals surface area (Å²) < 4.78 is 6.98. The van der Waals surface area contributed by atoms with Crippen LogP contribution in [0.25, 0.3) is 11.4 Å². The Balaban J connectivity index is 1.71. The maximum Gasteiger partial charge on any atom is 0.325 e. The van der Waals surface area contributed by atoms with E-state index in [9.17, 15) is 9.59 Å². The molecule has 1 aromatic carbocycles. The van der Waals surface area contributed by atoms with Crippen molar-refractivity contribution in [2.75, 3.05) is 0 Å². The van der Waals surface area contributed by atoms with Gasteiger partial charge >= 0.3 is 5.97 Å². The fraction of sp³-hybridized carbons (Fsp3) is 0.412. The maximum absolute atomic E-state index is 12.8. The lowest BCUT2D eigenvalue weighted by Crippen LogP contribution is -2.34. The molecule has 124 valence electrons. The highest BCUT2D eigenvalue weighted by Crippen LogP contribution is 2.44. The van der Waals surface area contributed by atoms with Gasteiger partial charge in [0, 0.05) is 17.6 Å². The number of carbonyl (C=O) groups excluding carboxylic acids is 2. The first-order chi connectivity index (χ1) is 11.5. The molecule has 1 aliphatic heterocycles. The van der Waals surface area contributed by atoms with Crippen LogP contribution in [0.15, 0.2) is 24.3 Å². The Morgan fingerprint density at radius 2 is 1.88 bits per heavy atom. The first kappa shape index (κ1) is 15.3. The SMILES string of the molecule is Cn1nc(-c2ccc(Cl)cc2)nc1C1C(=O)OC2(CCCC2)C1=O. The van der Waals surface area contributed by atoms with E-state index >= 15 is 0 Å². The van der Waals surface area contributed by atoms with Crippen molar-refractivity contribution in [2.24, 2.45) is 7.05 Å². The molecular formula is C17H16ClN3O3. The van der Waals surface area contributed by atoms with Crippen LogP contribution in [0.1, 0.15) is 37.4 Å². The summed E-state index contributed by atoms with van der Waals surface area (Å²) in [5.41, 5.74) is -0.163. The Hall–Kier alpha value is -2.21. The molecule has 0 bridgehead atoms. The fourth-order valence-corrected chi connectivity index (χ4v) is 3.68. The minimum absolute atomic E-state index is 0.178. The number of esters is 1. The van der Waals surface area contributed by atoms with E-state index in [1.165, 1.54) is 4.68 Å². The smallest absolute Gasteiger partial charge is 0.325 e. The zero-order chi connectivity index (χ0) is 16.9. The third kappa shape index (κ3) is 2.24. The summed E-state index contributed by atoms with van der Waals surface area (Å²) >= 11 is 5.89. The number of Topliss-reactive ketones (excluding diaryl/α,β-unsaturated/α-hetero) is 1. The zero-order valence-corrected chi connectivity index (χ0v) is 13.9. The maximum atomic E-state index is 12.8. The zero-order valence-electron chi connectivity index (χ0n) is 13.2. The Kier molecular flexibility index (Phi) is 3.46. The fourth-order valence-electron chi connectivity index (χ4n) is 3.56. The lowest BCUT2D eigenvalue weighted by atomic mass is 9.90. The van der Waals surface area contributed by atoms with Gasteiger partial charge in [0.2, 0.25) is 0 Å². The molecule has 1 aromatic heterocycles. The van der Waals surface area contributed by atoms with Crippen LogP contribution in [0.3, 0.4) is 0 Å². The molecule has 7 heteroatoms. The number of ketones is 1. The number of rotatable bonds is 2. The van der Waals surface area contributed by atoms with Gasteiger partial charge < -0.3 is 4.74 Å². The van der Waals surface area contributed by atoms with Gasteiger partial charge in [-0.05, 0) is 49.9 Å². The average molecular weight is 346 g/mol. The van der Waals surface area contributed by atoms with Crippen LogP contribution >= 0.6 is 11.6 Å². The molecule has 1 aliphatic carbocycles. The number of ether oxygens (including phenoxy) is 1. The largest absolute Gasteiger partial charge is 0.450 e. The van der Waals surface area contributed by atoms with E-state index < -0.39 is 17.5 Å². The number of halogens is 1. The molecule has 2 aliphatic rings. The summed E-state index contributed by atoms with van der Waals surface area (Å²) in [7, 11) is 1.68. The first-order valence-electron chi connectivity index (χ1n) is 7.94. The predicted octanol–water partition coefficient (Wildman–Crippen LogP) is 2.66. The quantitative estimate of drug-likeness (QED) is 0.618. The minimum Gasteiger partial charge on any atom is -0.450 e. The van der Waals surface area contributed by atoms with Crippen molar-refractivity contribution in [2.45, 2.75) is 37.2 Å². The number of nitrogens with zero attached hydrogens (tertiary/aromatic N) is 3. The second-order valence-corrected chi connectivity index (χ2v) is 6.78. The molecule has 2 aromatic rings. The number of aromatic nitrogens is 3. The van der Waals surface area contributed by atoms with Gasteiger partial charge in [0.05, 0.1) is 0 Å². The molecule has 24 heavy (non-hydrogen) atoms. The molecule has 4 rings (SSSR count). The third-order valence-corrected chi connectivity index (χ3v) is 5.06. The summed E-state index contributed by atoms with van der Waals surface area (Å²) in [4.78, 5) is 29.6. The van der Waals surface area contributed by atoms with Crippen LogP contribution in [0.4, 0.5) is 0 Å². The summed E-state index contributed by atoms with van der Waals surface area (Å²) in [5.74, 6) is -0.888. The summed E-state index contributed by atoms with van der Waals surface area (Å²) in [5, 5.41) is 4.96. The number of hydrogen-bond acceptors (Lipinski definition) is 5. The lowest BCUT2D eigenvalue weighted by Gasteiger charge is -2.18.